The van der Waals surface area contributed by atoms with Crippen LogP contribution in [0.3, 0.4) is 0 Å². The average molecular weight is 438 g/mol. The second kappa shape index (κ2) is 9.02. The number of hydrogen-bond acceptors (Lipinski definition) is 4. The number of nitrogens with zero attached hydrogens (tertiary/aromatic N) is 1. The van der Waals surface area contributed by atoms with Gasteiger partial charge in [0.25, 0.3) is 0 Å². The molecular weight excluding hydrogens is 402 g/mol. The number of amides is 2. The summed E-state index contributed by atoms with van der Waals surface area (Å²) in [5.41, 5.74) is 4.52. The number of aryl methyl sites for hydroxylation is 2. The Balaban J connectivity index is 1.48. The second-order valence-corrected chi connectivity index (χ2v) is 9.36. The molecule has 32 heavy (non-hydrogen) atoms. The van der Waals surface area contributed by atoms with Gasteiger partial charge < -0.3 is 25.0 Å². The lowest BCUT2D eigenvalue weighted by Gasteiger charge is -2.45. The maximum Gasteiger partial charge on any atom is 0.319 e. The van der Waals surface area contributed by atoms with E-state index < -0.39 is 0 Å². The van der Waals surface area contributed by atoms with Crippen LogP contribution in [0.15, 0.2) is 36.4 Å². The molecule has 1 aliphatic heterocycles. The van der Waals surface area contributed by atoms with Crippen molar-refractivity contribution in [2.45, 2.75) is 57.0 Å². The Morgan fingerprint density at radius 1 is 1.06 bits per heavy atom. The van der Waals surface area contributed by atoms with E-state index in [2.05, 4.69) is 47.7 Å². The predicted molar refractivity (Wildman–Crippen MR) is 128 cm³/mol. The number of anilines is 1. The number of likely N-dealkylation sites (tertiary alicyclic amines) is 1. The summed E-state index contributed by atoms with van der Waals surface area (Å²) in [7, 11) is 5.56. The molecule has 2 aromatic carbocycles. The van der Waals surface area contributed by atoms with Crippen LogP contribution in [0.5, 0.6) is 11.5 Å². The third-order valence-corrected chi connectivity index (χ3v) is 7.45. The van der Waals surface area contributed by atoms with Crippen molar-refractivity contribution in [3.8, 4) is 11.5 Å². The van der Waals surface area contributed by atoms with Gasteiger partial charge in [0.15, 0.2) is 11.5 Å². The van der Waals surface area contributed by atoms with Gasteiger partial charge in [-0.05, 0) is 82.4 Å². The van der Waals surface area contributed by atoms with Gasteiger partial charge in [-0.15, -0.1) is 0 Å². The van der Waals surface area contributed by atoms with Gasteiger partial charge in [0.1, 0.15) is 0 Å². The van der Waals surface area contributed by atoms with E-state index in [-0.39, 0.29) is 17.5 Å². The van der Waals surface area contributed by atoms with Crippen molar-refractivity contribution in [2.24, 2.45) is 0 Å². The molecule has 1 aliphatic carbocycles. The zero-order chi connectivity index (χ0) is 22.9. The van der Waals surface area contributed by atoms with Crippen molar-refractivity contribution in [3.63, 3.8) is 0 Å². The number of benzene rings is 2. The molecule has 2 aromatic rings. The number of methoxy groups -OCH3 is 2. The summed E-state index contributed by atoms with van der Waals surface area (Å²) >= 11 is 0. The number of carbonyl (C=O) groups excluding carboxylic acids is 1. The molecule has 2 aliphatic rings. The van der Waals surface area contributed by atoms with Gasteiger partial charge in [0.05, 0.1) is 14.2 Å². The van der Waals surface area contributed by atoms with Gasteiger partial charge in [0.2, 0.25) is 0 Å². The first-order valence-corrected chi connectivity index (χ1v) is 11.4. The zero-order valence-corrected chi connectivity index (χ0v) is 19.8. The van der Waals surface area contributed by atoms with E-state index >= 15 is 0 Å². The standard InChI is InChI=1S/C26H35N3O3/c1-17-6-8-21(18(2)14-17)28-25(30)27-20-10-11-26(12-13-29(3)24(26)16-20)19-7-9-22(31-4)23(15-19)32-5/h6-9,14-15,20,24H,10-13,16H2,1-5H3,(H2,27,28,30). The SMILES string of the molecule is COc1ccc(C23CCC(NC(=O)Nc4ccc(C)cc4C)CC2N(C)CC3)cc1OC. The van der Waals surface area contributed by atoms with Crippen LogP contribution in [0, 0.1) is 13.8 Å². The van der Waals surface area contributed by atoms with E-state index in [1.807, 2.05) is 25.1 Å². The van der Waals surface area contributed by atoms with E-state index in [0.717, 1.165) is 55.0 Å². The maximum atomic E-state index is 12.7. The molecule has 0 spiro atoms. The first-order valence-electron chi connectivity index (χ1n) is 11.4. The molecule has 1 saturated heterocycles. The van der Waals surface area contributed by atoms with Gasteiger partial charge >= 0.3 is 6.03 Å². The first-order chi connectivity index (χ1) is 15.4. The normalized spacial score (nSPS) is 25.2. The Labute approximate surface area is 191 Å². The van der Waals surface area contributed by atoms with Crippen LogP contribution in [0.25, 0.3) is 0 Å². The van der Waals surface area contributed by atoms with Crippen LogP contribution in [0.1, 0.15) is 42.4 Å². The lowest BCUT2D eigenvalue weighted by molar-refractivity contribution is 0.156. The number of likely N-dealkylation sites (N-methyl/N-ethyl adjacent to an activating group) is 1. The fourth-order valence-corrected chi connectivity index (χ4v) is 5.69. The summed E-state index contributed by atoms with van der Waals surface area (Å²) < 4.78 is 11.0. The van der Waals surface area contributed by atoms with Crippen molar-refractivity contribution in [1.82, 2.24) is 10.2 Å². The topological polar surface area (TPSA) is 62.8 Å². The number of carbonyl (C=O) groups is 1. The number of ether oxygens (including phenoxy) is 2. The number of nitrogens with one attached hydrogen (secondary N) is 2. The van der Waals surface area contributed by atoms with E-state index in [1.165, 1.54) is 11.1 Å². The minimum Gasteiger partial charge on any atom is -0.493 e. The Kier molecular flexibility index (Phi) is 6.33. The number of fused-ring (bicyclic) bond motifs is 1. The van der Waals surface area contributed by atoms with Crippen LogP contribution >= 0.6 is 0 Å². The monoisotopic (exact) mass is 437 g/mol. The van der Waals surface area contributed by atoms with Gasteiger partial charge in [-0.3, -0.25) is 0 Å². The van der Waals surface area contributed by atoms with Crippen molar-refractivity contribution < 1.29 is 14.3 Å². The summed E-state index contributed by atoms with van der Waals surface area (Å²) in [6, 6.07) is 12.8. The molecule has 6 heteroatoms. The Bertz CT molecular complexity index is 992. The third-order valence-electron chi connectivity index (χ3n) is 7.45. The molecule has 0 bridgehead atoms. The Morgan fingerprint density at radius 2 is 1.84 bits per heavy atom. The predicted octanol–water partition coefficient (Wildman–Crippen LogP) is 4.64. The molecule has 3 atom stereocenters. The highest BCUT2D eigenvalue weighted by Crippen LogP contribution is 2.49. The number of urea groups is 1. The summed E-state index contributed by atoms with van der Waals surface area (Å²) in [5, 5.41) is 6.26. The van der Waals surface area contributed by atoms with Crippen molar-refractivity contribution in [1.29, 1.82) is 0 Å². The average Bonchev–Trinajstić information content (AvgIpc) is 3.12. The maximum absolute atomic E-state index is 12.7. The van der Waals surface area contributed by atoms with E-state index in [4.69, 9.17) is 9.47 Å². The molecule has 172 valence electrons. The van der Waals surface area contributed by atoms with Gasteiger partial charge in [-0.2, -0.15) is 0 Å². The molecule has 3 unspecified atom stereocenters. The van der Waals surface area contributed by atoms with Crippen molar-refractivity contribution in [3.05, 3.63) is 53.1 Å². The molecule has 2 amide bonds. The summed E-state index contributed by atoms with van der Waals surface area (Å²) in [6.07, 6.45) is 4.04. The smallest absolute Gasteiger partial charge is 0.319 e. The first kappa shape index (κ1) is 22.5. The highest BCUT2D eigenvalue weighted by atomic mass is 16.5. The molecule has 1 heterocycles. The second-order valence-electron chi connectivity index (χ2n) is 9.36. The lowest BCUT2D eigenvalue weighted by Crippen LogP contribution is -2.52. The van der Waals surface area contributed by atoms with E-state index in [1.54, 1.807) is 14.2 Å². The minimum atomic E-state index is -0.124. The highest BCUT2D eigenvalue weighted by Gasteiger charge is 2.50. The molecule has 6 nitrogen and oxygen atoms in total. The molecular formula is C26H35N3O3. The van der Waals surface area contributed by atoms with Crippen LogP contribution in [0.4, 0.5) is 10.5 Å². The van der Waals surface area contributed by atoms with Crippen LogP contribution in [-0.2, 0) is 5.41 Å². The Morgan fingerprint density at radius 3 is 2.56 bits per heavy atom. The minimum absolute atomic E-state index is 0.0799. The van der Waals surface area contributed by atoms with Crippen LogP contribution < -0.4 is 20.1 Å². The number of hydrogen-bond donors (Lipinski definition) is 2. The van der Waals surface area contributed by atoms with Crippen LogP contribution in [0.2, 0.25) is 0 Å². The molecule has 2 fully saturated rings. The van der Waals surface area contributed by atoms with Crippen molar-refractivity contribution >= 4 is 11.7 Å². The van der Waals surface area contributed by atoms with Crippen molar-refractivity contribution in [2.75, 3.05) is 33.1 Å². The molecule has 0 radical (unpaired) electrons. The molecule has 0 aromatic heterocycles. The fraction of sp³-hybridized carbons (Fsp3) is 0.500. The van der Waals surface area contributed by atoms with Gasteiger partial charge in [-0.1, -0.05) is 23.8 Å². The molecule has 2 N–H and O–H groups in total. The third kappa shape index (κ3) is 4.16. The lowest BCUT2D eigenvalue weighted by atomic mass is 9.65. The Hall–Kier alpha value is -2.73. The zero-order valence-electron chi connectivity index (χ0n) is 19.8. The fourth-order valence-electron chi connectivity index (χ4n) is 5.69. The van der Waals surface area contributed by atoms with Gasteiger partial charge in [-0.25, -0.2) is 4.79 Å². The molecule has 4 rings (SSSR count). The quantitative estimate of drug-likeness (QED) is 0.716. The van der Waals surface area contributed by atoms with E-state index in [0.29, 0.717) is 6.04 Å². The van der Waals surface area contributed by atoms with Crippen LogP contribution in [-0.4, -0.2) is 50.8 Å². The number of rotatable bonds is 5. The summed E-state index contributed by atoms with van der Waals surface area (Å²) in [4.78, 5) is 15.2. The highest BCUT2D eigenvalue weighted by molar-refractivity contribution is 5.90. The molecule has 1 saturated carbocycles. The summed E-state index contributed by atoms with van der Waals surface area (Å²) in [6.45, 7) is 5.14. The van der Waals surface area contributed by atoms with E-state index in [9.17, 15) is 4.79 Å². The van der Waals surface area contributed by atoms with Gasteiger partial charge in [0, 0.05) is 23.2 Å². The largest absolute Gasteiger partial charge is 0.493 e. The summed E-state index contributed by atoms with van der Waals surface area (Å²) in [5.74, 6) is 1.54.